The van der Waals surface area contributed by atoms with E-state index in [-0.39, 0.29) is 6.42 Å². The number of nitrogens with zero attached hydrogens (tertiary/aromatic N) is 2. The molecule has 0 radical (unpaired) electrons. The predicted molar refractivity (Wildman–Crippen MR) is 76.3 cm³/mol. The number of carboxylic acids is 1. The molecule has 2 aromatic rings. The lowest BCUT2D eigenvalue weighted by Gasteiger charge is -2.29. The van der Waals surface area contributed by atoms with Gasteiger partial charge in [-0.1, -0.05) is 24.3 Å². The van der Waals surface area contributed by atoms with Crippen LogP contribution in [0.4, 0.5) is 11.4 Å². The molecule has 1 aliphatic rings. The molecule has 0 aliphatic carbocycles. The standard InChI is InChI=1S/C15H14N2O2/c1-10-16-12-6-2-4-11-5-3-7-13(15(11)12)17(10)9-8-14(18)19/h2-7H,8-9H2,1H3,(H,18,19). The molecule has 1 heterocycles. The fraction of sp³-hybridized carbons (Fsp3) is 0.200. The van der Waals surface area contributed by atoms with E-state index in [2.05, 4.69) is 4.99 Å². The Balaban J connectivity index is 2.13. The normalized spacial score (nSPS) is 13.5. The van der Waals surface area contributed by atoms with Gasteiger partial charge in [0, 0.05) is 11.9 Å². The Morgan fingerprint density at radius 3 is 2.74 bits per heavy atom. The Labute approximate surface area is 111 Å². The minimum Gasteiger partial charge on any atom is -0.481 e. The minimum atomic E-state index is -0.793. The fourth-order valence-electron chi connectivity index (χ4n) is 2.52. The van der Waals surface area contributed by atoms with Gasteiger partial charge in [-0.05, 0) is 24.4 Å². The highest BCUT2D eigenvalue weighted by molar-refractivity contribution is 6.14. The Hall–Kier alpha value is -2.36. The van der Waals surface area contributed by atoms with Gasteiger partial charge in [0.2, 0.25) is 0 Å². The third kappa shape index (κ3) is 1.95. The molecule has 0 aromatic heterocycles. The van der Waals surface area contributed by atoms with Crippen LogP contribution in [0.3, 0.4) is 0 Å². The molecule has 0 spiro atoms. The van der Waals surface area contributed by atoms with Crippen LogP contribution in [-0.2, 0) is 4.79 Å². The van der Waals surface area contributed by atoms with Gasteiger partial charge in [-0.25, -0.2) is 4.99 Å². The summed E-state index contributed by atoms with van der Waals surface area (Å²) >= 11 is 0. The number of amidine groups is 1. The summed E-state index contributed by atoms with van der Waals surface area (Å²) < 4.78 is 0. The number of benzene rings is 2. The summed E-state index contributed by atoms with van der Waals surface area (Å²) in [6.07, 6.45) is 0.103. The molecule has 0 unspecified atom stereocenters. The highest BCUT2D eigenvalue weighted by Gasteiger charge is 2.20. The van der Waals surface area contributed by atoms with Crippen molar-refractivity contribution in [1.29, 1.82) is 0 Å². The van der Waals surface area contributed by atoms with Gasteiger partial charge in [-0.3, -0.25) is 4.79 Å². The van der Waals surface area contributed by atoms with Gasteiger partial charge < -0.3 is 10.0 Å². The number of aliphatic carboxylic acids is 1. The summed E-state index contributed by atoms with van der Waals surface area (Å²) in [4.78, 5) is 17.3. The quantitative estimate of drug-likeness (QED) is 0.915. The molecule has 0 amide bonds. The third-order valence-corrected chi connectivity index (χ3v) is 3.37. The maximum Gasteiger partial charge on any atom is 0.305 e. The molecular weight excluding hydrogens is 240 g/mol. The second-order valence-electron chi connectivity index (χ2n) is 4.61. The number of carbonyl (C=O) groups is 1. The first-order valence-corrected chi connectivity index (χ1v) is 6.23. The monoisotopic (exact) mass is 254 g/mol. The van der Waals surface area contributed by atoms with Crippen LogP contribution in [0.15, 0.2) is 41.4 Å². The van der Waals surface area contributed by atoms with Crippen LogP contribution in [-0.4, -0.2) is 23.5 Å². The summed E-state index contributed by atoms with van der Waals surface area (Å²) in [5.74, 6) is 0.0475. The van der Waals surface area contributed by atoms with Crippen molar-refractivity contribution in [2.45, 2.75) is 13.3 Å². The molecule has 19 heavy (non-hydrogen) atoms. The summed E-state index contributed by atoms with van der Waals surface area (Å²) in [7, 11) is 0. The first kappa shape index (κ1) is 11.7. The summed E-state index contributed by atoms with van der Waals surface area (Å²) in [6.45, 7) is 2.36. The molecule has 0 atom stereocenters. The molecule has 4 nitrogen and oxygen atoms in total. The molecule has 3 rings (SSSR count). The van der Waals surface area contributed by atoms with E-state index in [0.717, 1.165) is 28.0 Å². The second kappa shape index (κ2) is 4.39. The number of carboxylic acid groups (broad SMARTS) is 1. The zero-order chi connectivity index (χ0) is 13.4. The van der Waals surface area contributed by atoms with E-state index in [9.17, 15) is 4.79 Å². The van der Waals surface area contributed by atoms with E-state index in [1.54, 1.807) is 0 Å². The van der Waals surface area contributed by atoms with Crippen molar-refractivity contribution in [3.8, 4) is 0 Å². The Morgan fingerprint density at radius 2 is 2.00 bits per heavy atom. The molecular formula is C15H14N2O2. The van der Waals surface area contributed by atoms with Crippen molar-refractivity contribution in [3.63, 3.8) is 0 Å². The van der Waals surface area contributed by atoms with Crippen molar-refractivity contribution >= 4 is 34.0 Å². The zero-order valence-electron chi connectivity index (χ0n) is 10.6. The van der Waals surface area contributed by atoms with Gasteiger partial charge in [0.05, 0.1) is 17.8 Å². The SMILES string of the molecule is CC1=Nc2cccc3cccc(c23)N1CCC(=O)O. The number of rotatable bonds is 3. The van der Waals surface area contributed by atoms with Crippen LogP contribution in [0, 0.1) is 0 Å². The van der Waals surface area contributed by atoms with E-state index >= 15 is 0 Å². The summed E-state index contributed by atoms with van der Waals surface area (Å²) in [5, 5.41) is 11.1. The van der Waals surface area contributed by atoms with E-state index in [1.165, 1.54) is 0 Å². The van der Waals surface area contributed by atoms with Crippen molar-refractivity contribution in [1.82, 2.24) is 0 Å². The average Bonchev–Trinajstić information content (AvgIpc) is 2.38. The number of aliphatic imine (C=N–C) groups is 1. The number of hydrogen-bond acceptors (Lipinski definition) is 3. The predicted octanol–water partition coefficient (Wildman–Crippen LogP) is 3.18. The molecule has 2 aromatic carbocycles. The van der Waals surface area contributed by atoms with Crippen LogP contribution >= 0.6 is 0 Å². The Kier molecular flexibility index (Phi) is 2.71. The Morgan fingerprint density at radius 1 is 1.26 bits per heavy atom. The largest absolute Gasteiger partial charge is 0.481 e. The molecule has 0 fully saturated rings. The van der Waals surface area contributed by atoms with Gasteiger partial charge in [0.25, 0.3) is 0 Å². The van der Waals surface area contributed by atoms with Gasteiger partial charge in [-0.2, -0.15) is 0 Å². The molecule has 0 saturated heterocycles. The fourth-order valence-corrected chi connectivity index (χ4v) is 2.52. The van der Waals surface area contributed by atoms with E-state index < -0.39 is 5.97 Å². The topological polar surface area (TPSA) is 52.9 Å². The molecule has 1 N–H and O–H groups in total. The van der Waals surface area contributed by atoms with Gasteiger partial charge >= 0.3 is 5.97 Å². The van der Waals surface area contributed by atoms with Crippen LogP contribution in [0.1, 0.15) is 13.3 Å². The number of hydrogen-bond donors (Lipinski definition) is 1. The van der Waals surface area contributed by atoms with E-state index in [1.807, 2.05) is 48.2 Å². The maximum absolute atomic E-state index is 10.8. The van der Waals surface area contributed by atoms with Crippen LogP contribution in [0.2, 0.25) is 0 Å². The first-order valence-electron chi connectivity index (χ1n) is 6.23. The number of anilines is 1. The van der Waals surface area contributed by atoms with Gasteiger partial charge in [0.1, 0.15) is 5.84 Å². The first-order chi connectivity index (χ1) is 9.16. The van der Waals surface area contributed by atoms with Gasteiger partial charge in [-0.15, -0.1) is 0 Å². The maximum atomic E-state index is 10.8. The molecule has 4 heteroatoms. The lowest BCUT2D eigenvalue weighted by molar-refractivity contribution is -0.136. The van der Waals surface area contributed by atoms with Gasteiger partial charge in [0.15, 0.2) is 0 Å². The summed E-state index contributed by atoms with van der Waals surface area (Å²) in [6, 6.07) is 12.1. The van der Waals surface area contributed by atoms with Crippen LogP contribution in [0.25, 0.3) is 10.8 Å². The van der Waals surface area contributed by atoms with Crippen molar-refractivity contribution < 1.29 is 9.90 Å². The Bertz CT molecular complexity index is 686. The summed E-state index contributed by atoms with van der Waals surface area (Å²) in [5.41, 5.74) is 2.00. The molecule has 0 bridgehead atoms. The van der Waals surface area contributed by atoms with Crippen molar-refractivity contribution in [2.75, 3.05) is 11.4 Å². The van der Waals surface area contributed by atoms with Crippen LogP contribution < -0.4 is 4.90 Å². The molecule has 0 saturated carbocycles. The highest BCUT2D eigenvalue weighted by atomic mass is 16.4. The van der Waals surface area contributed by atoms with E-state index in [4.69, 9.17) is 5.11 Å². The average molecular weight is 254 g/mol. The zero-order valence-corrected chi connectivity index (χ0v) is 10.6. The van der Waals surface area contributed by atoms with E-state index in [0.29, 0.717) is 6.54 Å². The van der Waals surface area contributed by atoms with Crippen LogP contribution in [0.5, 0.6) is 0 Å². The smallest absolute Gasteiger partial charge is 0.305 e. The van der Waals surface area contributed by atoms with Crippen molar-refractivity contribution in [3.05, 3.63) is 36.4 Å². The second-order valence-corrected chi connectivity index (χ2v) is 4.61. The molecule has 96 valence electrons. The van der Waals surface area contributed by atoms with Crippen molar-refractivity contribution in [2.24, 2.45) is 4.99 Å². The molecule has 1 aliphatic heterocycles. The lowest BCUT2D eigenvalue weighted by atomic mass is 10.0. The highest BCUT2D eigenvalue weighted by Crippen LogP contribution is 2.38. The third-order valence-electron chi connectivity index (χ3n) is 3.37. The lowest BCUT2D eigenvalue weighted by Crippen LogP contribution is -2.32. The minimum absolute atomic E-state index is 0.103.